The molecule has 0 radical (unpaired) electrons. The van der Waals surface area contributed by atoms with E-state index in [9.17, 15) is 0 Å². The Balaban J connectivity index is 2.65. The summed E-state index contributed by atoms with van der Waals surface area (Å²) >= 11 is 0. The number of pyridine rings is 1. The summed E-state index contributed by atoms with van der Waals surface area (Å²) in [5, 5.41) is 13.9. The van der Waals surface area contributed by atoms with Gasteiger partial charge in [-0.15, -0.1) is 10.2 Å². The maximum atomic E-state index is 4.13. The molecular formula is C8H5N5. The zero-order chi connectivity index (χ0) is 8.67. The molecule has 0 fully saturated rings. The lowest BCUT2D eigenvalue weighted by atomic mass is 10.2. The summed E-state index contributed by atoms with van der Waals surface area (Å²) < 4.78 is 1.63. The van der Waals surface area contributed by atoms with Gasteiger partial charge in [0.2, 0.25) is 0 Å². The summed E-state index contributed by atoms with van der Waals surface area (Å²) in [5.74, 6) is 0. The average Bonchev–Trinajstić information content (AvgIpc) is 2.65. The van der Waals surface area contributed by atoms with E-state index in [0.29, 0.717) is 0 Å². The van der Waals surface area contributed by atoms with E-state index in [2.05, 4.69) is 20.3 Å². The topological polar surface area (TPSA) is 56.0 Å². The number of hydrogen-bond donors (Lipinski definition) is 0. The molecule has 0 spiro atoms. The van der Waals surface area contributed by atoms with E-state index in [1.165, 1.54) is 0 Å². The second-order valence-corrected chi connectivity index (χ2v) is 2.71. The van der Waals surface area contributed by atoms with Crippen LogP contribution in [0.15, 0.2) is 31.0 Å². The summed E-state index contributed by atoms with van der Waals surface area (Å²) in [6.45, 7) is 0. The average molecular weight is 171 g/mol. The van der Waals surface area contributed by atoms with Crippen LogP contribution in [0.1, 0.15) is 0 Å². The summed E-state index contributed by atoms with van der Waals surface area (Å²) in [6, 6.07) is 1.90. The van der Waals surface area contributed by atoms with Gasteiger partial charge in [0.15, 0.2) is 5.65 Å². The largest absolute Gasteiger partial charge is 0.264 e. The Morgan fingerprint density at radius 3 is 3.23 bits per heavy atom. The molecule has 62 valence electrons. The summed E-state index contributed by atoms with van der Waals surface area (Å²) in [7, 11) is 0. The van der Waals surface area contributed by atoms with E-state index in [4.69, 9.17) is 0 Å². The lowest BCUT2D eigenvalue weighted by Gasteiger charge is -1.95. The van der Waals surface area contributed by atoms with Crippen molar-refractivity contribution in [3.63, 3.8) is 0 Å². The normalized spacial score (nSPS) is 11.1. The van der Waals surface area contributed by atoms with Crippen LogP contribution in [0.4, 0.5) is 0 Å². The van der Waals surface area contributed by atoms with Gasteiger partial charge in [0, 0.05) is 23.2 Å². The Kier molecular flexibility index (Phi) is 1.11. The first-order valence-corrected chi connectivity index (χ1v) is 3.84. The van der Waals surface area contributed by atoms with Crippen molar-refractivity contribution in [2.24, 2.45) is 0 Å². The Hall–Kier alpha value is -2.04. The Bertz CT molecular complexity index is 571. The Morgan fingerprint density at radius 1 is 1.23 bits per heavy atom. The molecule has 13 heavy (non-hydrogen) atoms. The first-order chi connectivity index (χ1) is 6.45. The quantitative estimate of drug-likeness (QED) is 0.499. The molecule has 0 unspecified atom stereocenters. The van der Waals surface area contributed by atoms with Gasteiger partial charge in [-0.1, -0.05) is 0 Å². The molecule has 0 saturated heterocycles. The second-order valence-electron chi connectivity index (χ2n) is 2.71. The van der Waals surface area contributed by atoms with Crippen molar-refractivity contribution in [3.8, 4) is 0 Å². The van der Waals surface area contributed by atoms with Crippen molar-refractivity contribution in [1.82, 2.24) is 24.8 Å². The molecule has 0 aliphatic carbocycles. The summed E-state index contributed by atoms with van der Waals surface area (Å²) in [5.41, 5.74) is 0.741. The fourth-order valence-electron chi connectivity index (χ4n) is 1.32. The van der Waals surface area contributed by atoms with Gasteiger partial charge >= 0.3 is 0 Å². The van der Waals surface area contributed by atoms with Crippen LogP contribution in [0.5, 0.6) is 0 Å². The van der Waals surface area contributed by atoms with Crippen molar-refractivity contribution < 1.29 is 0 Å². The number of aromatic nitrogens is 5. The number of nitrogens with zero attached hydrogens (tertiary/aromatic N) is 5. The Morgan fingerprint density at radius 2 is 2.23 bits per heavy atom. The minimum Gasteiger partial charge on any atom is -0.264 e. The molecule has 0 aliphatic heterocycles. The van der Waals surface area contributed by atoms with Crippen molar-refractivity contribution >= 4 is 16.4 Å². The number of hydrogen-bond acceptors (Lipinski definition) is 4. The molecule has 3 aromatic rings. The van der Waals surface area contributed by atoms with Gasteiger partial charge in [-0.3, -0.25) is 4.98 Å². The van der Waals surface area contributed by atoms with Gasteiger partial charge in [0.25, 0.3) is 0 Å². The highest BCUT2D eigenvalue weighted by atomic mass is 15.3. The van der Waals surface area contributed by atoms with Gasteiger partial charge in [-0.05, 0) is 6.07 Å². The zero-order valence-electron chi connectivity index (χ0n) is 6.62. The van der Waals surface area contributed by atoms with Gasteiger partial charge < -0.3 is 0 Å². The fourth-order valence-corrected chi connectivity index (χ4v) is 1.32. The molecule has 5 heteroatoms. The van der Waals surface area contributed by atoms with Crippen LogP contribution in [0.3, 0.4) is 0 Å². The molecule has 0 bridgehead atoms. The van der Waals surface area contributed by atoms with Gasteiger partial charge in [0.05, 0.1) is 6.20 Å². The van der Waals surface area contributed by atoms with E-state index < -0.39 is 0 Å². The van der Waals surface area contributed by atoms with Crippen molar-refractivity contribution in [2.45, 2.75) is 0 Å². The third-order valence-corrected chi connectivity index (χ3v) is 1.95. The van der Waals surface area contributed by atoms with Crippen LogP contribution in [0.25, 0.3) is 16.4 Å². The van der Waals surface area contributed by atoms with Crippen LogP contribution >= 0.6 is 0 Å². The highest BCUT2D eigenvalue weighted by molar-refractivity contribution is 5.91. The molecular weight excluding hydrogens is 166 g/mol. The van der Waals surface area contributed by atoms with Crippen molar-refractivity contribution in [3.05, 3.63) is 31.0 Å². The maximum Gasteiger partial charge on any atom is 0.186 e. The second kappa shape index (κ2) is 2.22. The molecule has 3 aromatic heterocycles. The van der Waals surface area contributed by atoms with Crippen molar-refractivity contribution in [1.29, 1.82) is 0 Å². The molecule has 0 N–H and O–H groups in total. The zero-order valence-corrected chi connectivity index (χ0v) is 6.62. The predicted molar refractivity (Wildman–Crippen MR) is 46.1 cm³/mol. The SMILES string of the molecule is c1cc2cnn3cnnc3c2cn1. The van der Waals surface area contributed by atoms with Crippen LogP contribution in [-0.2, 0) is 0 Å². The van der Waals surface area contributed by atoms with Crippen molar-refractivity contribution in [2.75, 3.05) is 0 Å². The fraction of sp³-hybridized carbons (Fsp3) is 0. The monoisotopic (exact) mass is 171 g/mol. The Labute approximate surface area is 73.0 Å². The summed E-state index contributed by atoms with van der Waals surface area (Å²) in [4.78, 5) is 4.03. The molecule has 0 amide bonds. The third kappa shape index (κ3) is 0.807. The van der Waals surface area contributed by atoms with E-state index in [1.807, 2.05) is 6.07 Å². The molecule has 0 aromatic carbocycles. The third-order valence-electron chi connectivity index (χ3n) is 1.95. The van der Waals surface area contributed by atoms with Crippen LogP contribution in [0.2, 0.25) is 0 Å². The summed E-state index contributed by atoms with van der Waals surface area (Å²) in [6.07, 6.45) is 6.84. The molecule has 3 rings (SSSR count). The minimum absolute atomic E-state index is 0.741. The smallest absolute Gasteiger partial charge is 0.186 e. The highest BCUT2D eigenvalue weighted by Gasteiger charge is 2.01. The molecule has 3 heterocycles. The lowest BCUT2D eigenvalue weighted by molar-refractivity contribution is 0.935. The van der Waals surface area contributed by atoms with E-state index in [-0.39, 0.29) is 0 Å². The first kappa shape index (κ1) is 6.47. The minimum atomic E-state index is 0.741. The first-order valence-electron chi connectivity index (χ1n) is 3.84. The van der Waals surface area contributed by atoms with E-state index >= 15 is 0 Å². The molecule has 5 nitrogen and oxygen atoms in total. The van der Waals surface area contributed by atoms with Crippen LogP contribution in [0, 0.1) is 0 Å². The maximum absolute atomic E-state index is 4.13. The van der Waals surface area contributed by atoms with Crippen LogP contribution in [-0.4, -0.2) is 24.8 Å². The number of rotatable bonds is 0. The van der Waals surface area contributed by atoms with Gasteiger partial charge in [-0.2, -0.15) is 9.61 Å². The molecule has 0 atom stereocenters. The predicted octanol–water partition coefficient (Wildman–Crippen LogP) is 0.672. The van der Waals surface area contributed by atoms with E-state index in [1.54, 1.807) is 29.4 Å². The number of fused-ring (bicyclic) bond motifs is 3. The van der Waals surface area contributed by atoms with Gasteiger partial charge in [-0.25, -0.2) is 0 Å². The lowest BCUT2D eigenvalue weighted by Crippen LogP contribution is -1.90. The highest BCUT2D eigenvalue weighted by Crippen LogP contribution is 2.13. The van der Waals surface area contributed by atoms with Crippen LogP contribution < -0.4 is 0 Å². The van der Waals surface area contributed by atoms with Gasteiger partial charge in [0.1, 0.15) is 6.33 Å². The molecule has 0 aliphatic rings. The van der Waals surface area contributed by atoms with E-state index in [0.717, 1.165) is 16.4 Å². The standard InChI is InChI=1S/C8H5N5/c1-2-9-4-7-6(1)3-11-13-5-10-12-8(7)13/h1-5H. The molecule has 0 saturated carbocycles.